The minimum atomic E-state index is 0.128. The summed E-state index contributed by atoms with van der Waals surface area (Å²) in [6, 6.07) is 8.81. The van der Waals surface area contributed by atoms with E-state index in [0.29, 0.717) is 6.54 Å². The summed E-state index contributed by atoms with van der Waals surface area (Å²) in [4.78, 5) is 0. The third-order valence-electron chi connectivity index (χ3n) is 6.79. The van der Waals surface area contributed by atoms with Crippen molar-refractivity contribution in [1.82, 2.24) is 4.57 Å². The zero-order valence-corrected chi connectivity index (χ0v) is 20.2. The van der Waals surface area contributed by atoms with E-state index in [1.165, 1.54) is 47.3 Å². The van der Waals surface area contributed by atoms with Crippen molar-refractivity contribution >= 4 is 5.57 Å². The summed E-state index contributed by atoms with van der Waals surface area (Å²) in [5, 5.41) is 0. The van der Waals surface area contributed by atoms with Crippen molar-refractivity contribution in [3.05, 3.63) is 81.5 Å². The van der Waals surface area contributed by atoms with Crippen LogP contribution in [0.2, 0.25) is 0 Å². The van der Waals surface area contributed by atoms with Crippen LogP contribution in [-0.2, 0) is 24.1 Å². The van der Waals surface area contributed by atoms with E-state index >= 15 is 0 Å². The average Bonchev–Trinajstić information content (AvgIpc) is 3.51. The number of fused-ring (bicyclic) bond motifs is 1. The first-order valence-electron chi connectivity index (χ1n) is 11.7. The Kier molecular flexibility index (Phi) is 5.79. The standard InChI is InChI=1S/C29H37NO/c1-8-24(31-19(2)3)18-30-21(5)25(15-23-12-10-9-11-20(23)4)28-26(22-13-14-22)16-29(6,7)17-27(28)30/h9-12,19H,1,13-18H2,2-7H3. The van der Waals surface area contributed by atoms with Crippen LogP contribution in [0.5, 0.6) is 0 Å². The molecule has 31 heavy (non-hydrogen) atoms. The Morgan fingerprint density at radius 1 is 1.16 bits per heavy atom. The zero-order chi connectivity index (χ0) is 22.3. The normalized spacial score (nSPS) is 16.9. The van der Waals surface area contributed by atoms with Gasteiger partial charge in [-0.15, -0.1) is 0 Å². The van der Waals surface area contributed by atoms with Crippen molar-refractivity contribution in [2.75, 3.05) is 0 Å². The summed E-state index contributed by atoms with van der Waals surface area (Å²) in [5.41, 5.74) is 15.3. The molecule has 0 radical (unpaired) electrons. The molecule has 164 valence electrons. The Balaban J connectivity index is 1.88. The van der Waals surface area contributed by atoms with E-state index in [2.05, 4.69) is 82.7 Å². The SMILES string of the molecule is C=C=C(Cn1c(C)c(Cc2ccccc2C)c2c1CC(C)(C)CC2=C1CC1)OC(C)C. The lowest BCUT2D eigenvalue weighted by atomic mass is 9.72. The van der Waals surface area contributed by atoms with Gasteiger partial charge < -0.3 is 9.30 Å². The van der Waals surface area contributed by atoms with Gasteiger partial charge in [0.05, 0.1) is 12.6 Å². The minimum Gasteiger partial charge on any atom is -0.485 e. The molecule has 0 unspecified atom stereocenters. The first-order valence-corrected chi connectivity index (χ1v) is 11.7. The Labute approximate surface area is 188 Å². The molecule has 2 nitrogen and oxygen atoms in total. The molecular weight excluding hydrogens is 378 g/mol. The summed E-state index contributed by atoms with van der Waals surface area (Å²) in [7, 11) is 0. The topological polar surface area (TPSA) is 14.2 Å². The molecule has 0 spiro atoms. The Morgan fingerprint density at radius 2 is 1.87 bits per heavy atom. The maximum absolute atomic E-state index is 6.04. The summed E-state index contributed by atoms with van der Waals surface area (Å²) >= 11 is 0. The van der Waals surface area contributed by atoms with Crippen LogP contribution in [-0.4, -0.2) is 10.7 Å². The average molecular weight is 416 g/mol. The van der Waals surface area contributed by atoms with E-state index in [4.69, 9.17) is 4.74 Å². The van der Waals surface area contributed by atoms with Gasteiger partial charge in [0.15, 0.2) is 5.76 Å². The molecule has 1 heterocycles. The minimum absolute atomic E-state index is 0.128. The second-order valence-corrected chi connectivity index (χ2v) is 10.4. The maximum atomic E-state index is 6.04. The number of ether oxygens (including phenoxy) is 1. The fourth-order valence-electron chi connectivity index (χ4n) is 5.14. The predicted octanol–water partition coefficient (Wildman–Crippen LogP) is 7.31. The van der Waals surface area contributed by atoms with Crippen molar-refractivity contribution < 1.29 is 4.74 Å². The molecule has 2 aromatic rings. The van der Waals surface area contributed by atoms with Gasteiger partial charge in [-0.1, -0.05) is 56.0 Å². The fourth-order valence-corrected chi connectivity index (χ4v) is 5.14. The van der Waals surface area contributed by atoms with Crippen molar-refractivity contribution in [3.8, 4) is 0 Å². The number of nitrogens with zero attached hydrogens (tertiary/aromatic N) is 1. The van der Waals surface area contributed by atoms with E-state index in [0.717, 1.165) is 18.6 Å². The summed E-state index contributed by atoms with van der Waals surface area (Å²) in [5.74, 6) is 0.836. The number of aryl methyl sites for hydroxylation is 1. The van der Waals surface area contributed by atoms with E-state index in [1.807, 2.05) is 0 Å². The van der Waals surface area contributed by atoms with E-state index in [-0.39, 0.29) is 11.5 Å². The first-order chi connectivity index (χ1) is 14.7. The monoisotopic (exact) mass is 415 g/mol. The van der Waals surface area contributed by atoms with Gasteiger partial charge in [-0.3, -0.25) is 0 Å². The highest BCUT2D eigenvalue weighted by Gasteiger charge is 2.37. The number of allylic oxidation sites excluding steroid dienone is 3. The number of hydrogen-bond acceptors (Lipinski definition) is 1. The van der Waals surface area contributed by atoms with E-state index < -0.39 is 0 Å². The molecule has 1 fully saturated rings. The highest BCUT2D eigenvalue weighted by Crippen LogP contribution is 2.51. The molecule has 1 saturated carbocycles. The van der Waals surface area contributed by atoms with Crippen LogP contribution in [0.3, 0.4) is 0 Å². The van der Waals surface area contributed by atoms with E-state index in [1.54, 1.807) is 16.7 Å². The fraction of sp³-hybridized carbons (Fsp3) is 0.483. The predicted molar refractivity (Wildman–Crippen MR) is 130 cm³/mol. The molecule has 0 saturated heterocycles. The van der Waals surface area contributed by atoms with Gasteiger partial charge in [-0.2, -0.15) is 0 Å². The van der Waals surface area contributed by atoms with Gasteiger partial charge in [0, 0.05) is 23.4 Å². The largest absolute Gasteiger partial charge is 0.485 e. The van der Waals surface area contributed by atoms with Gasteiger partial charge >= 0.3 is 0 Å². The molecule has 1 aromatic carbocycles. The summed E-state index contributed by atoms with van der Waals surface area (Å²) in [6.45, 7) is 18.1. The lowest BCUT2D eigenvalue weighted by molar-refractivity contribution is 0.136. The molecule has 1 aromatic heterocycles. The van der Waals surface area contributed by atoms with Gasteiger partial charge in [0.1, 0.15) is 0 Å². The van der Waals surface area contributed by atoms with Crippen molar-refractivity contribution in [2.24, 2.45) is 5.41 Å². The first kappa shape index (κ1) is 21.8. The van der Waals surface area contributed by atoms with Gasteiger partial charge in [0.25, 0.3) is 0 Å². The molecule has 0 amide bonds. The number of benzene rings is 1. The van der Waals surface area contributed by atoms with Crippen LogP contribution >= 0.6 is 0 Å². The maximum Gasteiger partial charge on any atom is 0.158 e. The third-order valence-corrected chi connectivity index (χ3v) is 6.79. The number of rotatable bonds is 6. The number of hydrogen-bond donors (Lipinski definition) is 0. The van der Waals surface area contributed by atoms with E-state index in [9.17, 15) is 0 Å². The molecular formula is C29H37NO. The van der Waals surface area contributed by atoms with Crippen LogP contribution in [0.15, 0.2) is 47.9 Å². The molecule has 0 aliphatic heterocycles. The molecule has 0 bridgehead atoms. The third kappa shape index (κ3) is 4.46. The van der Waals surface area contributed by atoms with Crippen molar-refractivity contribution in [3.63, 3.8) is 0 Å². The molecule has 0 N–H and O–H groups in total. The van der Waals surface area contributed by atoms with Gasteiger partial charge in [0.2, 0.25) is 0 Å². The second-order valence-electron chi connectivity index (χ2n) is 10.4. The van der Waals surface area contributed by atoms with Crippen LogP contribution < -0.4 is 0 Å². The highest BCUT2D eigenvalue weighted by molar-refractivity contribution is 5.78. The summed E-state index contributed by atoms with van der Waals surface area (Å²) < 4.78 is 8.55. The highest BCUT2D eigenvalue weighted by atomic mass is 16.5. The van der Waals surface area contributed by atoms with Gasteiger partial charge in [-0.05, 0) is 81.1 Å². The van der Waals surface area contributed by atoms with Crippen LogP contribution in [0, 0.1) is 19.3 Å². The van der Waals surface area contributed by atoms with Crippen molar-refractivity contribution in [2.45, 2.75) is 86.3 Å². The Morgan fingerprint density at radius 3 is 2.48 bits per heavy atom. The lowest BCUT2D eigenvalue weighted by Gasteiger charge is -2.33. The smallest absolute Gasteiger partial charge is 0.158 e. The summed E-state index contributed by atoms with van der Waals surface area (Å²) in [6.07, 6.45) is 5.94. The quantitative estimate of drug-likeness (QED) is 0.356. The zero-order valence-electron chi connectivity index (χ0n) is 20.2. The van der Waals surface area contributed by atoms with Gasteiger partial charge in [-0.25, -0.2) is 0 Å². The second kappa shape index (κ2) is 8.24. The number of aromatic nitrogens is 1. The Bertz CT molecular complexity index is 1080. The van der Waals surface area contributed by atoms with Crippen LogP contribution in [0.25, 0.3) is 5.57 Å². The molecule has 2 aliphatic carbocycles. The molecule has 0 atom stereocenters. The van der Waals surface area contributed by atoms with Crippen LogP contribution in [0.4, 0.5) is 0 Å². The molecule has 4 rings (SSSR count). The van der Waals surface area contributed by atoms with Crippen molar-refractivity contribution in [1.29, 1.82) is 0 Å². The molecule has 2 heteroatoms. The molecule has 2 aliphatic rings. The lowest BCUT2D eigenvalue weighted by Crippen LogP contribution is -2.24. The van der Waals surface area contributed by atoms with Crippen LogP contribution in [0.1, 0.15) is 80.6 Å². The Hall–Kier alpha value is -2.44.